The smallest absolute Gasteiger partial charge is 0.303 e. The van der Waals surface area contributed by atoms with Gasteiger partial charge in [-0.05, 0) is 42.2 Å². The summed E-state index contributed by atoms with van der Waals surface area (Å²) in [6, 6.07) is 16.8. The second-order valence-electron chi connectivity index (χ2n) is 8.96. The highest BCUT2D eigenvalue weighted by molar-refractivity contribution is 7.99. The summed E-state index contributed by atoms with van der Waals surface area (Å²) in [5.41, 5.74) is 3.32. The average molecular weight is 538 g/mol. The van der Waals surface area contributed by atoms with Crippen molar-refractivity contribution in [3.63, 3.8) is 0 Å². The van der Waals surface area contributed by atoms with Crippen LogP contribution in [0.25, 0.3) is 0 Å². The molecule has 2 heterocycles. The van der Waals surface area contributed by atoms with Crippen molar-refractivity contribution in [2.75, 3.05) is 11.1 Å². The zero-order valence-corrected chi connectivity index (χ0v) is 21.7. The Labute approximate surface area is 225 Å². The number of carbonyl (C=O) groups excluding carboxylic acids is 1. The van der Waals surface area contributed by atoms with E-state index in [-0.39, 0.29) is 37.6 Å². The third kappa shape index (κ3) is 8.35. The number of carboxylic acid groups (broad SMARTS) is 1. The van der Waals surface area contributed by atoms with Crippen LogP contribution in [-0.4, -0.2) is 43.9 Å². The molecule has 0 radical (unpaired) electrons. The number of aliphatic hydroxyl groups excluding tert-OH is 1. The van der Waals surface area contributed by atoms with Gasteiger partial charge in [0.05, 0.1) is 18.8 Å². The number of nitrogens with zero attached hydrogens (tertiary/aromatic N) is 2. The van der Waals surface area contributed by atoms with Gasteiger partial charge in [0, 0.05) is 48.7 Å². The first-order valence-electron chi connectivity index (χ1n) is 12.5. The topological polar surface area (TPSA) is 131 Å². The number of hydrogen-bond donors (Lipinski definition) is 3. The lowest BCUT2D eigenvalue weighted by atomic mass is 10.0. The Hall–Kier alpha value is -3.31. The minimum absolute atomic E-state index is 0.0148. The van der Waals surface area contributed by atoms with E-state index in [0.717, 1.165) is 16.7 Å². The molecular formula is C28H31N3O6S. The number of aliphatic hydroxyl groups is 1. The number of thioether (sulfide) groups is 1. The molecule has 0 spiro atoms. The molecule has 1 aliphatic rings. The second kappa shape index (κ2) is 14.0. The number of benzene rings is 2. The van der Waals surface area contributed by atoms with Gasteiger partial charge in [-0.2, -0.15) is 0 Å². The summed E-state index contributed by atoms with van der Waals surface area (Å²) >= 11 is 1.53. The molecule has 3 N–H and O–H groups in total. The maximum atomic E-state index is 12.2. The van der Waals surface area contributed by atoms with Crippen molar-refractivity contribution in [3.8, 4) is 0 Å². The van der Waals surface area contributed by atoms with Crippen LogP contribution in [0.2, 0.25) is 0 Å². The van der Waals surface area contributed by atoms with Gasteiger partial charge in [-0.15, -0.1) is 0 Å². The Balaban J connectivity index is 1.41. The normalized spacial score (nSPS) is 19.1. The van der Waals surface area contributed by atoms with Crippen LogP contribution in [0.5, 0.6) is 0 Å². The molecular weight excluding hydrogens is 506 g/mol. The number of rotatable bonds is 12. The Morgan fingerprint density at radius 3 is 2.32 bits per heavy atom. The Morgan fingerprint density at radius 2 is 1.63 bits per heavy atom. The molecule has 1 fully saturated rings. The minimum Gasteiger partial charge on any atom is -0.481 e. The minimum atomic E-state index is -0.855. The van der Waals surface area contributed by atoms with Gasteiger partial charge in [0.1, 0.15) is 0 Å². The van der Waals surface area contributed by atoms with E-state index < -0.39 is 12.3 Å². The summed E-state index contributed by atoms with van der Waals surface area (Å²) in [5.74, 6) is -0.350. The van der Waals surface area contributed by atoms with Crippen LogP contribution in [0.1, 0.15) is 61.2 Å². The maximum Gasteiger partial charge on any atom is 0.303 e. The number of carboxylic acids is 1. The number of amides is 1. The lowest BCUT2D eigenvalue weighted by Crippen LogP contribution is -2.31. The maximum absolute atomic E-state index is 12.2. The van der Waals surface area contributed by atoms with Crippen molar-refractivity contribution in [1.82, 2.24) is 9.97 Å². The monoisotopic (exact) mass is 537 g/mol. The van der Waals surface area contributed by atoms with E-state index in [9.17, 15) is 14.7 Å². The van der Waals surface area contributed by atoms with Gasteiger partial charge in [0.15, 0.2) is 11.4 Å². The first kappa shape index (κ1) is 27.7. The predicted octanol–water partition coefficient (Wildman–Crippen LogP) is 4.89. The van der Waals surface area contributed by atoms with Crippen LogP contribution in [0.4, 0.5) is 5.69 Å². The fraction of sp³-hybridized carbons (Fsp3) is 0.357. The largest absolute Gasteiger partial charge is 0.481 e. The lowest BCUT2D eigenvalue weighted by Gasteiger charge is -2.36. The number of ether oxygens (including phenoxy) is 2. The van der Waals surface area contributed by atoms with E-state index in [0.29, 0.717) is 35.9 Å². The first-order valence-corrected chi connectivity index (χ1v) is 13.5. The molecule has 0 aliphatic carbocycles. The van der Waals surface area contributed by atoms with E-state index in [4.69, 9.17) is 14.6 Å². The van der Waals surface area contributed by atoms with E-state index >= 15 is 0 Å². The van der Waals surface area contributed by atoms with E-state index in [2.05, 4.69) is 15.3 Å². The molecule has 3 atom stereocenters. The standard InChI is InChI=1S/C28H31N3O6S/c32-17-19-6-8-20(9-7-19)24-16-23(18-38-28-29-14-3-15-30-28)36-27(37-24)21-10-12-22(13-11-21)31-25(33)4-1-2-5-26(34)35/h3,6-15,23-24,27,32H,1-2,4-5,16-18H2,(H,31,33)(H,34,35)/t23-,24+,27+/m1/s1. The van der Waals surface area contributed by atoms with Crippen LogP contribution in [0, 0.1) is 0 Å². The quantitative estimate of drug-likeness (QED) is 0.168. The number of hydrogen-bond acceptors (Lipinski definition) is 8. The molecule has 1 aromatic heterocycles. The molecule has 0 saturated carbocycles. The van der Waals surface area contributed by atoms with Gasteiger partial charge in [-0.3, -0.25) is 9.59 Å². The number of carbonyl (C=O) groups is 2. The Bertz CT molecular complexity index is 1180. The molecule has 1 saturated heterocycles. The number of aliphatic carboxylic acids is 1. The van der Waals surface area contributed by atoms with Gasteiger partial charge < -0.3 is 25.0 Å². The summed E-state index contributed by atoms with van der Waals surface area (Å²) in [4.78, 5) is 31.4. The molecule has 0 unspecified atom stereocenters. The van der Waals surface area contributed by atoms with Crippen molar-refractivity contribution in [2.45, 2.75) is 62.4 Å². The fourth-order valence-corrected chi connectivity index (χ4v) is 4.88. The van der Waals surface area contributed by atoms with Crippen LogP contribution in [0.3, 0.4) is 0 Å². The molecule has 10 heteroatoms. The van der Waals surface area contributed by atoms with Gasteiger partial charge in [-0.1, -0.05) is 48.2 Å². The van der Waals surface area contributed by atoms with Gasteiger partial charge >= 0.3 is 5.97 Å². The molecule has 1 amide bonds. The van der Waals surface area contributed by atoms with E-state index in [1.165, 1.54) is 11.8 Å². The molecule has 4 rings (SSSR count). The van der Waals surface area contributed by atoms with E-state index in [1.54, 1.807) is 30.6 Å². The van der Waals surface area contributed by atoms with Gasteiger partial charge in [0.2, 0.25) is 5.91 Å². The van der Waals surface area contributed by atoms with Crippen molar-refractivity contribution >= 4 is 29.3 Å². The van der Waals surface area contributed by atoms with Crippen LogP contribution in [0.15, 0.2) is 72.1 Å². The number of unbranched alkanes of at least 4 members (excludes halogenated alkanes) is 1. The molecule has 9 nitrogen and oxygen atoms in total. The van der Waals surface area contributed by atoms with Crippen molar-refractivity contribution in [3.05, 3.63) is 83.7 Å². The van der Waals surface area contributed by atoms with Gasteiger partial charge in [0.25, 0.3) is 0 Å². The average Bonchev–Trinajstić information content (AvgIpc) is 2.95. The molecule has 2 aromatic carbocycles. The highest BCUT2D eigenvalue weighted by atomic mass is 32.2. The highest BCUT2D eigenvalue weighted by Crippen LogP contribution is 2.39. The Kier molecular flexibility index (Phi) is 10.2. The van der Waals surface area contributed by atoms with Crippen LogP contribution < -0.4 is 5.32 Å². The second-order valence-corrected chi connectivity index (χ2v) is 9.95. The number of aromatic nitrogens is 2. The highest BCUT2D eigenvalue weighted by Gasteiger charge is 2.32. The summed E-state index contributed by atoms with van der Waals surface area (Å²) in [5, 5.41) is 21.6. The predicted molar refractivity (Wildman–Crippen MR) is 142 cm³/mol. The molecule has 38 heavy (non-hydrogen) atoms. The van der Waals surface area contributed by atoms with E-state index in [1.807, 2.05) is 36.4 Å². The van der Waals surface area contributed by atoms with Crippen molar-refractivity contribution in [1.29, 1.82) is 0 Å². The summed E-state index contributed by atoms with van der Waals surface area (Å²) < 4.78 is 12.7. The molecule has 3 aromatic rings. The zero-order chi connectivity index (χ0) is 26.7. The third-order valence-corrected chi connectivity index (χ3v) is 7.07. The fourth-order valence-electron chi connectivity index (χ4n) is 4.06. The molecule has 0 bridgehead atoms. The molecule has 200 valence electrons. The van der Waals surface area contributed by atoms with Crippen molar-refractivity contribution < 1.29 is 29.3 Å². The lowest BCUT2D eigenvalue weighted by molar-refractivity contribution is -0.245. The molecule has 1 aliphatic heterocycles. The van der Waals surface area contributed by atoms with Crippen LogP contribution >= 0.6 is 11.8 Å². The summed E-state index contributed by atoms with van der Waals surface area (Å²) in [6.45, 7) is -0.0148. The summed E-state index contributed by atoms with van der Waals surface area (Å²) in [7, 11) is 0. The SMILES string of the molecule is O=C(O)CCCCC(=O)Nc1ccc([C@H]2O[C@@H](CSc3ncccn3)C[C@@H](c3ccc(CO)cc3)O2)cc1. The van der Waals surface area contributed by atoms with Crippen molar-refractivity contribution in [2.24, 2.45) is 0 Å². The van der Waals surface area contributed by atoms with Gasteiger partial charge in [-0.25, -0.2) is 9.97 Å². The third-order valence-electron chi connectivity index (χ3n) is 6.07. The Morgan fingerprint density at radius 1 is 0.947 bits per heavy atom. The van der Waals surface area contributed by atoms with Crippen LogP contribution in [-0.2, 0) is 25.7 Å². The number of anilines is 1. The summed E-state index contributed by atoms with van der Waals surface area (Å²) in [6.07, 6.45) is 4.49. The number of nitrogens with one attached hydrogen (secondary N) is 1. The first-order chi connectivity index (χ1) is 18.5. The zero-order valence-electron chi connectivity index (χ0n) is 20.9.